The van der Waals surface area contributed by atoms with Crippen molar-refractivity contribution in [1.29, 1.82) is 0 Å². The van der Waals surface area contributed by atoms with Gasteiger partial charge in [0.1, 0.15) is 0 Å². The number of aromatic nitrogens is 2. The molecular formula is C9H10BrN3. The summed E-state index contributed by atoms with van der Waals surface area (Å²) >= 11 is 3.37. The molecule has 0 radical (unpaired) electrons. The van der Waals surface area contributed by atoms with Gasteiger partial charge in [-0.1, -0.05) is 0 Å². The molecular weight excluding hydrogens is 230 g/mol. The molecule has 4 heteroatoms. The van der Waals surface area contributed by atoms with E-state index >= 15 is 0 Å². The molecule has 13 heavy (non-hydrogen) atoms. The zero-order valence-corrected chi connectivity index (χ0v) is 8.63. The molecule has 0 saturated carbocycles. The second kappa shape index (κ2) is 3.47. The van der Waals surface area contributed by atoms with Crippen molar-refractivity contribution in [3.63, 3.8) is 0 Å². The number of fused-ring (bicyclic) bond motifs is 1. The average molecular weight is 240 g/mol. The summed E-state index contributed by atoms with van der Waals surface area (Å²) in [6, 6.07) is 4.05. The van der Waals surface area contributed by atoms with Crippen LogP contribution < -0.4 is 5.73 Å². The Balaban J connectivity index is 2.49. The van der Waals surface area contributed by atoms with Gasteiger partial charge in [0.15, 0.2) is 0 Å². The number of hydrogen-bond acceptors (Lipinski definition) is 2. The highest BCUT2D eigenvalue weighted by Crippen LogP contribution is 2.17. The number of aromatic amines is 1. The standard InChI is InChI=1S/C9H10BrN3/c10-6-3-9-8(12-5-6)4-7(13-9)1-2-11/h3-5,13H,1-2,11H2. The van der Waals surface area contributed by atoms with Crippen LogP contribution in [0.1, 0.15) is 5.69 Å². The fraction of sp³-hybridized carbons (Fsp3) is 0.222. The fourth-order valence-electron chi connectivity index (χ4n) is 1.33. The van der Waals surface area contributed by atoms with E-state index in [1.165, 1.54) is 0 Å². The van der Waals surface area contributed by atoms with Crippen molar-refractivity contribution in [2.24, 2.45) is 5.73 Å². The third-order valence-corrected chi connectivity index (χ3v) is 2.34. The first kappa shape index (κ1) is 8.72. The van der Waals surface area contributed by atoms with Crippen LogP contribution in [-0.2, 0) is 6.42 Å². The third-order valence-electron chi connectivity index (χ3n) is 1.90. The van der Waals surface area contributed by atoms with Crippen molar-refractivity contribution in [3.05, 3.63) is 28.5 Å². The summed E-state index contributed by atoms with van der Waals surface area (Å²) in [5, 5.41) is 0. The van der Waals surface area contributed by atoms with E-state index in [4.69, 9.17) is 5.73 Å². The van der Waals surface area contributed by atoms with Crippen molar-refractivity contribution in [1.82, 2.24) is 9.97 Å². The van der Waals surface area contributed by atoms with Crippen LogP contribution in [0.3, 0.4) is 0 Å². The number of nitrogens with one attached hydrogen (secondary N) is 1. The first-order valence-corrected chi connectivity index (χ1v) is 4.92. The fourth-order valence-corrected chi connectivity index (χ4v) is 1.66. The number of rotatable bonds is 2. The lowest BCUT2D eigenvalue weighted by atomic mass is 10.3. The predicted octanol–water partition coefficient (Wildman–Crippen LogP) is 1.83. The zero-order valence-electron chi connectivity index (χ0n) is 7.05. The van der Waals surface area contributed by atoms with Crippen molar-refractivity contribution in [3.8, 4) is 0 Å². The molecule has 0 bridgehead atoms. The minimum atomic E-state index is 0.661. The number of halogens is 1. The summed E-state index contributed by atoms with van der Waals surface area (Å²) in [5.74, 6) is 0. The summed E-state index contributed by atoms with van der Waals surface area (Å²) < 4.78 is 0.987. The Kier molecular flexibility index (Phi) is 2.33. The zero-order chi connectivity index (χ0) is 9.26. The molecule has 0 spiro atoms. The molecule has 0 aliphatic carbocycles. The van der Waals surface area contributed by atoms with Crippen LogP contribution in [0, 0.1) is 0 Å². The van der Waals surface area contributed by atoms with E-state index in [1.54, 1.807) is 6.20 Å². The van der Waals surface area contributed by atoms with Crippen LogP contribution in [0.25, 0.3) is 11.0 Å². The maximum absolute atomic E-state index is 5.46. The molecule has 0 aliphatic heterocycles. The molecule has 68 valence electrons. The molecule has 2 heterocycles. The normalized spacial score (nSPS) is 10.9. The van der Waals surface area contributed by atoms with E-state index in [0.29, 0.717) is 6.54 Å². The van der Waals surface area contributed by atoms with Crippen molar-refractivity contribution < 1.29 is 0 Å². The summed E-state index contributed by atoms with van der Waals surface area (Å²) in [5.41, 5.74) is 8.65. The second-order valence-electron chi connectivity index (χ2n) is 2.92. The van der Waals surface area contributed by atoms with Gasteiger partial charge in [-0.25, -0.2) is 0 Å². The molecule has 3 N–H and O–H groups in total. The molecule has 0 aromatic carbocycles. The summed E-state index contributed by atoms with van der Waals surface area (Å²) in [7, 11) is 0. The quantitative estimate of drug-likeness (QED) is 0.841. The van der Waals surface area contributed by atoms with Crippen LogP contribution in [0.5, 0.6) is 0 Å². The number of nitrogens with two attached hydrogens (primary N) is 1. The smallest absolute Gasteiger partial charge is 0.0882 e. The Bertz CT molecular complexity index is 422. The molecule has 3 nitrogen and oxygen atoms in total. The highest BCUT2D eigenvalue weighted by Gasteiger charge is 2.00. The SMILES string of the molecule is NCCc1cc2ncc(Br)cc2[nH]1. The summed E-state index contributed by atoms with van der Waals surface area (Å²) in [6.45, 7) is 0.661. The topological polar surface area (TPSA) is 54.7 Å². The maximum atomic E-state index is 5.46. The molecule has 0 saturated heterocycles. The largest absolute Gasteiger partial charge is 0.357 e. The summed E-state index contributed by atoms with van der Waals surface area (Å²) in [4.78, 5) is 7.53. The summed E-state index contributed by atoms with van der Waals surface area (Å²) in [6.07, 6.45) is 2.66. The first-order valence-electron chi connectivity index (χ1n) is 4.13. The Morgan fingerprint density at radius 1 is 1.46 bits per heavy atom. The minimum absolute atomic E-state index is 0.661. The Hall–Kier alpha value is -0.870. The van der Waals surface area contributed by atoms with Crippen molar-refractivity contribution in [2.75, 3.05) is 6.54 Å². The third kappa shape index (κ3) is 1.73. The minimum Gasteiger partial charge on any atom is -0.357 e. The van der Waals surface area contributed by atoms with E-state index in [9.17, 15) is 0 Å². The second-order valence-corrected chi connectivity index (χ2v) is 3.84. The van der Waals surface area contributed by atoms with E-state index < -0.39 is 0 Å². The van der Waals surface area contributed by atoms with Crippen LogP contribution in [0.2, 0.25) is 0 Å². The van der Waals surface area contributed by atoms with Gasteiger partial charge in [0, 0.05) is 16.4 Å². The molecule has 2 aromatic heterocycles. The predicted molar refractivity (Wildman–Crippen MR) is 56.6 cm³/mol. The van der Waals surface area contributed by atoms with Gasteiger partial charge >= 0.3 is 0 Å². The van der Waals surface area contributed by atoms with Gasteiger partial charge in [0.25, 0.3) is 0 Å². The molecule has 2 aromatic rings. The van der Waals surface area contributed by atoms with Gasteiger partial charge in [-0.2, -0.15) is 0 Å². The molecule has 0 atom stereocenters. The first-order chi connectivity index (χ1) is 6.29. The Morgan fingerprint density at radius 3 is 3.08 bits per heavy atom. The van der Waals surface area contributed by atoms with Crippen LogP contribution in [0.15, 0.2) is 22.8 Å². The number of nitrogens with zero attached hydrogens (tertiary/aromatic N) is 1. The lowest BCUT2D eigenvalue weighted by Crippen LogP contribution is -2.02. The molecule has 0 fully saturated rings. The van der Waals surface area contributed by atoms with Gasteiger partial charge in [0.2, 0.25) is 0 Å². The lowest BCUT2D eigenvalue weighted by Gasteiger charge is -1.90. The van der Waals surface area contributed by atoms with E-state index in [2.05, 4.69) is 25.9 Å². The van der Waals surface area contributed by atoms with Crippen LogP contribution in [0.4, 0.5) is 0 Å². The maximum Gasteiger partial charge on any atom is 0.0882 e. The van der Waals surface area contributed by atoms with Gasteiger partial charge in [0.05, 0.1) is 11.0 Å². The molecule has 2 rings (SSSR count). The lowest BCUT2D eigenvalue weighted by molar-refractivity contribution is 0.939. The number of pyridine rings is 1. The van der Waals surface area contributed by atoms with Gasteiger partial charge in [-0.05, 0) is 41.0 Å². The van der Waals surface area contributed by atoms with Crippen molar-refractivity contribution in [2.45, 2.75) is 6.42 Å². The number of H-pyrrole nitrogens is 1. The molecule has 0 unspecified atom stereocenters. The van der Waals surface area contributed by atoms with Gasteiger partial charge in [-0.15, -0.1) is 0 Å². The monoisotopic (exact) mass is 239 g/mol. The van der Waals surface area contributed by atoms with E-state index in [0.717, 1.165) is 27.6 Å². The van der Waals surface area contributed by atoms with E-state index in [-0.39, 0.29) is 0 Å². The van der Waals surface area contributed by atoms with Gasteiger partial charge in [-0.3, -0.25) is 4.98 Å². The molecule has 0 amide bonds. The Morgan fingerprint density at radius 2 is 2.31 bits per heavy atom. The van der Waals surface area contributed by atoms with E-state index in [1.807, 2.05) is 12.1 Å². The Labute approximate surface area is 84.5 Å². The van der Waals surface area contributed by atoms with Crippen molar-refractivity contribution >= 4 is 27.0 Å². The average Bonchev–Trinajstić information content (AvgIpc) is 2.46. The number of hydrogen-bond donors (Lipinski definition) is 2. The van der Waals surface area contributed by atoms with Crippen LogP contribution in [-0.4, -0.2) is 16.5 Å². The molecule has 0 aliphatic rings. The van der Waals surface area contributed by atoms with Crippen LogP contribution >= 0.6 is 15.9 Å². The highest BCUT2D eigenvalue weighted by molar-refractivity contribution is 9.10. The van der Waals surface area contributed by atoms with Gasteiger partial charge < -0.3 is 10.7 Å². The highest BCUT2D eigenvalue weighted by atomic mass is 79.9.